The molecule has 2 fully saturated rings. The first-order valence-corrected chi connectivity index (χ1v) is 8.32. The van der Waals surface area contributed by atoms with Crippen molar-refractivity contribution in [1.82, 2.24) is 10.2 Å². The second-order valence-electron chi connectivity index (χ2n) is 6.58. The number of rotatable bonds is 5. The molecular weight excluding hydrogens is 268 g/mol. The number of amides is 1. The molecule has 2 aliphatic carbocycles. The van der Waals surface area contributed by atoms with Gasteiger partial charge in [0.05, 0.1) is 18.7 Å². The van der Waals surface area contributed by atoms with E-state index in [0.717, 1.165) is 25.7 Å². The molecule has 21 heavy (non-hydrogen) atoms. The predicted molar refractivity (Wildman–Crippen MR) is 82.1 cm³/mol. The highest BCUT2D eigenvalue weighted by molar-refractivity contribution is 5.78. The van der Waals surface area contributed by atoms with Crippen LogP contribution < -0.4 is 5.32 Å². The number of methoxy groups -OCH3 is 1. The van der Waals surface area contributed by atoms with Gasteiger partial charge in [-0.25, -0.2) is 0 Å². The van der Waals surface area contributed by atoms with Gasteiger partial charge in [0.25, 0.3) is 0 Å². The van der Waals surface area contributed by atoms with Gasteiger partial charge in [-0.1, -0.05) is 25.7 Å². The van der Waals surface area contributed by atoms with Crippen LogP contribution in [0.25, 0.3) is 0 Å². The summed E-state index contributed by atoms with van der Waals surface area (Å²) in [5, 5.41) is 13.4. The van der Waals surface area contributed by atoms with E-state index in [2.05, 4.69) is 10.2 Å². The van der Waals surface area contributed by atoms with Crippen molar-refractivity contribution in [3.8, 4) is 0 Å². The number of carbonyl (C=O) groups excluding carboxylic acids is 1. The largest absolute Gasteiger partial charge is 0.388 e. The standard InChI is InChI=1S/C16H30N2O3/c1-18(12-7-3-4-8-12)11-15(19)17-13-9-5-6-10-14(21-2)16(13)20/h12-14,16,20H,3-11H2,1-2H3,(H,17,19)/t13-,14-,16-/m1/s1. The molecule has 0 heterocycles. The van der Waals surface area contributed by atoms with Gasteiger partial charge in [-0.3, -0.25) is 9.69 Å². The van der Waals surface area contributed by atoms with E-state index < -0.39 is 6.10 Å². The van der Waals surface area contributed by atoms with Gasteiger partial charge in [0, 0.05) is 13.2 Å². The Kier molecular flexibility index (Phi) is 6.45. The molecule has 0 aliphatic heterocycles. The third kappa shape index (κ3) is 4.66. The van der Waals surface area contributed by atoms with Crippen LogP contribution in [0.15, 0.2) is 0 Å². The van der Waals surface area contributed by atoms with Gasteiger partial charge in [0.15, 0.2) is 0 Å². The van der Waals surface area contributed by atoms with Crippen LogP contribution >= 0.6 is 0 Å². The zero-order valence-corrected chi connectivity index (χ0v) is 13.4. The van der Waals surface area contributed by atoms with Gasteiger partial charge in [-0.05, 0) is 32.7 Å². The smallest absolute Gasteiger partial charge is 0.234 e. The van der Waals surface area contributed by atoms with Crippen LogP contribution in [-0.4, -0.2) is 60.9 Å². The third-order valence-electron chi connectivity index (χ3n) is 5.04. The summed E-state index contributed by atoms with van der Waals surface area (Å²) in [6.07, 6.45) is 7.95. The molecule has 0 spiro atoms. The quantitative estimate of drug-likeness (QED) is 0.751. The number of nitrogens with one attached hydrogen (secondary N) is 1. The van der Waals surface area contributed by atoms with Gasteiger partial charge in [0.2, 0.25) is 5.91 Å². The molecule has 3 atom stereocenters. The molecule has 2 rings (SSSR count). The number of hydrogen-bond donors (Lipinski definition) is 2. The zero-order chi connectivity index (χ0) is 15.2. The summed E-state index contributed by atoms with van der Waals surface area (Å²) >= 11 is 0. The Morgan fingerprint density at radius 2 is 1.81 bits per heavy atom. The second-order valence-corrected chi connectivity index (χ2v) is 6.58. The van der Waals surface area contributed by atoms with Crippen molar-refractivity contribution >= 4 is 5.91 Å². The van der Waals surface area contributed by atoms with Crippen molar-refractivity contribution < 1.29 is 14.6 Å². The first-order valence-electron chi connectivity index (χ1n) is 8.32. The van der Waals surface area contributed by atoms with E-state index in [1.807, 2.05) is 7.05 Å². The Morgan fingerprint density at radius 1 is 1.19 bits per heavy atom. The van der Waals surface area contributed by atoms with Gasteiger partial charge < -0.3 is 15.2 Å². The average Bonchev–Trinajstić information content (AvgIpc) is 2.94. The summed E-state index contributed by atoms with van der Waals surface area (Å²) in [4.78, 5) is 14.4. The molecule has 2 saturated carbocycles. The maximum absolute atomic E-state index is 12.2. The van der Waals surface area contributed by atoms with Crippen LogP contribution in [0, 0.1) is 0 Å². The lowest BCUT2D eigenvalue weighted by Crippen LogP contribution is -2.50. The van der Waals surface area contributed by atoms with Crippen molar-refractivity contribution in [3.05, 3.63) is 0 Å². The molecule has 2 N–H and O–H groups in total. The molecule has 0 aromatic rings. The molecule has 0 unspecified atom stereocenters. The number of hydrogen-bond acceptors (Lipinski definition) is 4. The van der Waals surface area contributed by atoms with Crippen LogP contribution in [0.2, 0.25) is 0 Å². The topological polar surface area (TPSA) is 61.8 Å². The van der Waals surface area contributed by atoms with E-state index in [1.54, 1.807) is 7.11 Å². The Bertz CT molecular complexity index is 331. The van der Waals surface area contributed by atoms with Gasteiger partial charge in [-0.15, -0.1) is 0 Å². The van der Waals surface area contributed by atoms with Gasteiger partial charge in [-0.2, -0.15) is 0 Å². The van der Waals surface area contributed by atoms with E-state index in [1.165, 1.54) is 25.7 Å². The van der Waals surface area contributed by atoms with Gasteiger partial charge >= 0.3 is 0 Å². The lowest BCUT2D eigenvalue weighted by Gasteiger charge is -2.29. The summed E-state index contributed by atoms with van der Waals surface area (Å²) in [5.74, 6) is 0.0187. The molecule has 0 radical (unpaired) electrons. The molecule has 0 aromatic carbocycles. The molecular formula is C16H30N2O3. The first kappa shape index (κ1) is 16.7. The van der Waals surface area contributed by atoms with E-state index in [9.17, 15) is 9.90 Å². The minimum absolute atomic E-state index is 0.0187. The molecule has 0 bridgehead atoms. The minimum atomic E-state index is -0.599. The lowest BCUT2D eigenvalue weighted by atomic mass is 10.0. The molecule has 122 valence electrons. The summed E-state index contributed by atoms with van der Waals surface area (Å²) < 4.78 is 5.35. The number of nitrogens with zero attached hydrogens (tertiary/aromatic N) is 1. The highest BCUT2D eigenvalue weighted by Gasteiger charge is 2.31. The van der Waals surface area contributed by atoms with E-state index in [-0.39, 0.29) is 18.1 Å². The van der Waals surface area contributed by atoms with Crippen molar-refractivity contribution in [2.45, 2.75) is 75.7 Å². The molecule has 1 amide bonds. The first-order chi connectivity index (χ1) is 10.1. The Balaban J connectivity index is 1.82. The maximum atomic E-state index is 12.2. The lowest BCUT2D eigenvalue weighted by molar-refractivity contribution is -0.125. The van der Waals surface area contributed by atoms with Crippen LogP contribution in [0.5, 0.6) is 0 Å². The van der Waals surface area contributed by atoms with Crippen LogP contribution in [0.3, 0.4) is 0 Å². The van der Waals surface area contributed by atoms with E-state index in [4.69, 9.17) is 4.74 Å². The van der Waals surface area contributed by atoms with Crippen LogP contribution in [0.4, 0.5) is 0 Å². The maximum Gasteiger partial charge on any atom is 0.234 e. The number of likely N-dealkylation sites (N-methyl/N-ethyl adjacent to an activating group) is 1. The van der Waals surface area contributed by atoms with Crippen LogP contribution in [-0.2, 0) is 9.53 Å². The Morgan fingerprint density at radius 3 is 2.48 bits per heavy atom. The average molecular weight is 298 g/mol. The predicted octanol–water partition coefficient (Wildman–Crippen LogP) is 1.30. The van der Waals surface area contributed by atoms with E-state index in [0.29, 0.717) is 12.6 Å². The summed E-state index contributed by atoms with van der Waals surface area (Å²) in [6.45, 7) is 0.422. The monoisotopic (exact) mass is 298 g/mol. The van der Waals surface area contributed by atoms with E-state index >= 15 is 0 Å². The summed E-state index contributed by atoms with van der Waals surface area (Å²) in [6, 6.07) is 0.364. The van der Waals surface area contributed by atoms with Crippen molar-refractivity contribution in [1.29, 1.82) is 0 Å². The number of ether oxygens (including phenoxy) is 1. The fourth-order valence-electron chi connectivity index (χ4n) is 3.68. The molecule has 2 aliphatic rings. The van der Waals surface area contributed by atoms with Gasteiger partial charge in [0.1, 0.15) is 6.10 Å². The zero-order valence-electron chi connectivity index (χ0n) is 13.4. The molecule has 0 saturated heterocycles. The SMILES string of the molecule is CO[C@@H]1CCCC[C@@H](NC(=O)CN(C)C2CCCC2)[C@H]1O. The Labute approximate surface area is 128 Å². The normalized spacial score (nSPS) is 31.3. The fraction of sp³-hybridized carbons (Fsp3) is 0.938. The van der Waals surface area contributed by atoms with Crippen LogP contribution in [0.1, 0.15) is 51.4 Å². The number of aliphatic hydroxyl groups excluding tert-OH is 1. The van der Waals surface area contributed by atoms with Crippen molar-refractivity contribution in [2.75, 3.05) is 20.7 Å². The second kappa shape index (κ2) is 8.11. The summed E-state index contributed by atoms with van der Waals surface area (Å²) in [7, 11) is 3.66. The molecule has 5 heteroatoms. The highest BCUT2D eigenvalue weighted by Crippen LogP contribution is 2.23. The fourth-order valence-corrected chi connectivity index (χ4v) is 3.68. The summed E-state index contributed by atoms with van der Waals surface area (Å²) in [5.41, 5.74) is 0. The molecule has 0 aromatic heterocycles. The Hall–Kier alpha value is -0.650. The van der Waals surface area contributed by atoms with Crippen molar-refractivity contribution in [2.24, 2.45) is 0 Å². The number of carbonyl (C=O) groups is 1. The minimum Gasteiger partial charge on any atom is -0.388 e. The highest BCUT2D eigenvalue weighted by atomic mass is 16.5. The third-order valence-corrected chi connectivity index (χ3v) is 5.04. The van der Waals surface area contributed by atoms with Crippen molar-refractivity contribution in [3.63, 3.8) is 0 Å². The number of aliphatic hydroxyl groups is 1. The molecule has 5 nitrogen and oxygen atoms in total.